The molecule has 0 aliphatic heterocycles. The van der Waals surface area contributed by atoms with Crippen molar-refractivity contribution in [2.75, 3.05) is 7.05 Å². The van der Waals surface area contributed by atoms with Crippen molar-refractivity contribution in [1.82, 2.24) is 25.9 Å². The Hall–Kier alpha value is -4.89. The van der Waals surface area contributed by atoms with E-state index < -0.39 is 5.91 Å². The monoisotopic (exact) mass is 464 g/mol. The number of benzene rings is 2. The Morgan fingerprint density at radius 2 is 1.46 bits per heavy atom. The third-order valence-corrected chi connectivity index (χ3v) is 5.64. The number of fused-ring (bicyclic) bond motifs is 1. The first-order valence-electron chi connectivity index (χ1n) is 10.7. The number of hydrazine groups is 1. The van der Waals surface area contributed by atoms with Crippen molar-refractivity contribution in [2.24, 2.45) is 5.84 Å². The number of hydrogen-bond acceptors (Lipinski definition) is 7. The maximum atomic E-state index is 12.3. The van der Waals surface area contributed by atoms with Gasteiger partial charge in [-0.05, 0) is 23.3 Å². The fourth-order valence-electron chi connectivity index (χ4n) is 3.79. The summed E-state index contributed by atoms with van der Waals surface area (Å²) in [5.41, 5.74) is 8.21. The van der Waals surface area contributed by atoms with Crippen LogP contribution in [0.5, 0.6) is 0 Å². The number of rotatable bonds is 5. The molecule has 5 rings (SSSR count). The zero-order valence-electron chi connectivity index (χ0n) is 18.6. The Bertz CT molecular complexity index is 1540. The molecule has 3 aromatic heterocycles. The Balaban J connectivity index is 1.42. The van der Waals surface area contributed by atoms with Crippen molar-refractivity contribution >= 4 is 22.7 Å². The van der Waals surface area contributed by atoms with Crippen molar-refractivity contribution in [3.8, 4) is 33.6 Å². The topological polar surface area (TPSA) is 136 Å². The molecule has 172 valence electrons. The molecule has 0 radical (unpaired) electrons. The number of nitrogens with two attached hydrogens (primary N) is 1. The van der Waals surface area contributed by atoms with Crippen molar-refractivity contribution in [1.29, 1.82) is 0 Å². The number of nitrogens with one attached hydrogen (secondary N) is 2. The molecule has 0 fully saturated rings. The molecule has 2 aromatic carbocycles. The van der Waals surface area contributed by atoms with Crippen LogP contribution in [0.2, 0.25) is 0 Å². The zero-order chi connectivity index (χ0) is 24.4. The van der Waals surface area contributed by atoms with E-state index in [1.54, 1.807) is 30.6 Å². The van der Waals surface area contributed by atoms with Gasteiger partial charge in [0.05, 0.1) is 16.8 Å². The molecule has 0 aliphatic carbocycles. The predicted octanol–water partition coefficient (Wildman–Crippen LogP) is 3.58. The molecule has 35 heavy (non-hydrogen) atoms. The van der Waals surface area contributed by atoms with Gasteiger partial charge in [0.2, 0.25) is 5.76 Å². The fraction of sp³-hybridized carbons (Fsp3) is 0.0385. The lowest BCUT2D eigenvalue weighted by Gasteiger charge is -2.09. The second-order valence-electron chi connectivity index (χ2n) is 7.73. The molecule has 9 nitrogen and oxygen atoms in total. The zero-order valence-corrected chi connectivity index (χ0v) is 18.6. The SMILES string of the molecule is CNC(=O)c1cc(-c2ccc(-c3ccc(-c4cc(C(=O)NN)c5cnccc5n4)cc3)cc2)no1. The largest absolute Gasteiger partial charge is 0.352 e. The van der Waals surface area contributed by atoms with E-state index in [4.69, 9.17) is 10.4 Å². The van der Waals surface area contributed by atoms with E-state index in [0.29, 0.717) is 27.9 Å². The standard InChI is InChI=1S/C26H20N6O3/c1-28-26(34)24-13-23(32-35-24)18-8-4-16(5-9-18)15-2-6-17(7-3-15)22-12-19(25(33)31-27)20-14-29-11-10-21(20)30-22/h2-14H,27H2,1H3,(H,28,34)(H,31,33). The number of hydrogen-bond donors (Lipinski definition) is 3. The van der Waals surface area contributed by atoms with E-state index in [2.05, 4.69) is 25.9 Å². The molecule has 3 heterocycles. The van der Waals surface area contributed by atoms with Gasteiger partial charge in [0.1, 0.15) is 5.69 Å². The van der Waals surface area contributed by atoms with Crippen LogP contribution in [0.25, 0.3) is 44.5 Å². The van der Waals surface area contributed by atoms with Gasteiger partial charge in [0, 0.05) is 42.0 Å². The summed E-state index contributed by atoms with van der Waals surface area (Å²) in [6.07, 6.45) is 3.23. The number of nitrogen functional groups attached to an aromatic ring is 1. The lowest BCUT2D eigenvalue weighted by molar-refractivity contribution is 0.0924. The van der Waals surface area contributed by atoms with Gasteiger partial charge in [-0.3, -0.25) is 20.0 Å². The smallest absolute Gasteiger partial charge is 0.289 e. The number of aromatic nitrogens is 3. The van der Waals surface area contributed by atoms with Crippen LogP contribution in [0.4, 0.5) is 0 Å². The quantitative estimate of drug-likeness (QED) is 0.205. The highest BCUT2D eigenvalue weighted by Gasteiger charge is 2.14. The van der Waals surface area contributed by atoms with Crippen LogP contribution in [0.15, 0.2) is 83.6 Å². The summed E-state index contributed by atoms with van der Waals surface area (Å²) in [7, 11) is 1.54. The number of amides is 2. The number of pyridine rings is 2. The molecular weight excluding hydrogens is 444 g/mol. The summed E-state index contributed by atoms with van der Waals surface area (Å²) < 4.78 is 5.10. The number of carbonyl (C=O) groups excluding carboxylic acids is 2. The first-order valence-corrected chi connectivity index (χ1v) is 10.7. The van der Waals surface area contributed by atoms with Crippen LogP contribution < -0.4 is 16.6 Å². The van der Waals surface area contributed by atoms with Crippen LogP contribution in [-0.2, 0) is 0 Å². The van der Waals surface area contributed by atoms with Crippen molar-refractivity contribution in [3.63, 3.8) is 0 Å². The highest BCUT2D eigenvalue weighted by Crippen LogP contribution is 2.29. The summed E-state index contributed by atoms with van der Waals surface area (Å²) in [6.45, 7) is 0. The Kier molecular flexibility index (Phi) is 5.74. The van der Waals surface area contributed by atoms with Gasteiger partial charge in [-0.2, -0.15) is 0 Å². The molecule has 2 amide bonds. The van der Waals surface area contributed by atoms with Crippen LogP contribution >= 0.6 is 0 Å². The van der Waals surface area contributed by atoms with E-state index in [0.717, 1.165) is 22.3 Å². The minimum Gasteiger partial charge on any atom is -0.352 e. The maximum Gasteiger partial charge on any atom is 0.289 e. The first-order chi connectivity index (χ1) is 17.1. The Morgan fingerprint density at radius 1 is 0.829 bits per heavy atom. The van der Waals surface area contributed by atoms with Gasteiger partial charge in [-0.15, -0.1) is 0 Å². The predicted molar refractivity (Wildman–Crippen MR) is 131 cm³/mol. The molecule has 0 saturated carbocycles. The minimum absolute atomic E-state index is 0.160. The highest BCUT2D eigenvalue weighted by molar-refractivity contribution is 6.06. The Morgan fingerprint density at radius 3 is 2.09 bits per heavy atom. The van der Waals surface area contributed by atoms with Crippen molar-refractivity contribution < 1.29 is 14.1 Å². The second kappa shape index (κ2) is 9.16. The van der Waals surface area contributed by atoms with E-state index >= 15 is 0 Å². The molecule has 0 bridgehead atoms. The molecule has 0 unspecified atom stereocenters. The summed E-state index contributed by atoms with van der Waals surface area (Å²) in [5, 5.41) is 7.11. The van der Waals surface area contributed by atoms with E-state index in [1.807, 2.05) is 48.5 Å². The van der Waals surface area contributed by atoms with Crippen molar-refractivity contribution in [3.05, 3.63) is 90.4 Å². The lowest BCUT2D eigenvalue weighted by atomic mass is 9.99. The lowest BCUT2D eigenvalue weighted by Crippen LogP contribution is -2.30. The third kappa shape index (κ3) is 4.23. The Labute approximate surface area is 200 Å². The van der Waals surface area contributed by atoms with Crippen LogP contribution in [0.1, 0.15) is 20.9 Å². The fourth-order valence-corrected chi connectivity index (χ4v) is 3.79. The average Bonchev–Trinajstić information content (AvgIpc) is 3.42. The van der Waals surface area contributed by atoms with Gasteiger partial charge >= 0.3 is 0 Å². The van der Waals surface area contributed by atoms with E-state index in [1.165, 1.54) is 7.05 Å². The molecule has 9 heteroatoms. The van der Waals surface area contributed by atoms with Gasteiger partial charge < -0.3 is 9.84 Å². The molecular formula is C26H20N6O3. The summed E-state index contributed by atoms with van der Waals surface area (Å²) in [4.78, 5) is 32.8. The highest BCUT2D eigenvalue weighted by atomic mass is 16.5. The van der Waals surface area contributed by atoms with Gasteiger partial charge in [0.15, 0.2) is 0 Å². The summed E-state index contributed by atoms with van der Waals surface area (Å²) in [5.74, 6) is 4.80. The van der Waals surface area contributed by atoms with Crippen LogP contribution in [0.3, 0.4) is 0 Å². The van der Waals surface area contributed by atoms with E-state index in [9.17, 15) is 9.59 Å². The second-order valence-corrected chi connectivity index (χ2v) is 7.73. The number of carbonyl (C=O) groups is 2. The van der Waals surface area contributed by atoms with Crippen molar-refractivity contribution in [2.45, 2.75) is 0 Å². The first kappa shape index (κ1) is 21.9. The van der Waals surface area contributed by atoms with E-state index in [-0.39, 0.29) is 11.7 Å². The molecule has 0 saturated heterocycles. The number of nitrogens with zero attached hydrogens (tertiary/aromatic N) is 3. The molecule has 4 N–H and O–H groups in total. The minimum atomic E-state index is -0.405. The van der Waals surface area contributed by atoms with Crippen LogP contribution in [-0.4, -0.2) is 34.0 Å². The van der Waals surface area contributed by atoms with Gasteiger partial charge in [-0.1, -0.05) is 53.7 Å². The molecule has 5 aromatic rings. The summed E-state index contributed by atoms with van der Waals surface area (Å²) in [6, 6.07) is 20.8. The summed E-state index contributed by atoms with van der Waals surface area (Å²) >= 11 is 0. The third-order valence-electron chi connectivity index (χ3n) is 5.64. The maximum absolute atomic E-state index is 12.3. The molecule has 0 atom stereocenters. The normalized spacial score (nSPS) is 10.8. The average molecular weight is 464 g/mol. The molecule has 0 spiro atoms. The van der Waals surface area contributed by atoms with Gasteiger partial charge in [-0.25, -0.2) is 10.8 Å². The van der Waals surface area contributed by atoms with Gasteiger partial charge in [0.25, 0.3) is 11.8 Å². The van der Waals surface area contributed by atoms with Crippen LogP contribution in [0, 0.1) is 0 Å². The molecule has 0 aliphatic rings.